The van der Waals surface area contributed by atoms with Gasteiger partial charge >= 0.3 is 0 Å². The van der Waals surface area contributed by atoms with E-state index in [9.17, 15) is 0 Å². The molecule has 0 radical (unpaired) electrons. The van der Waals surface area contributed by atoms with E-state index in [1.54, 1.807) is 7.11 Å². The van der Waals surface area contributed by atoms with Gasteiger partial charge in [-0.1, -0.05) is 12.2 Å². The number of likely N-dealkylation sites (tertiary alicyclic amines) is 1. The van der Waals surface area contributed by atoms with Gasteiger partial charge in [-0.2, -0.15) is 0 Å². The summed E-state index contributed by atoms with van der Waals surface area (Å²) in [5.74, 6) is 1.69. The normalized spacial score (nSPS) is 37.4. The highest BCUT2D eigenvalue weighted by Gasteiger charge is 2.57. The average Bonchev–Trinajstić information content (AvgIpc) is 3.14. The van der Waals surface area contributed by atoms with Crippen LogP contribution < -0.4 is 9.47 Å². The van der Waals surface area contributed by atoms with Crippen molar-refractivity contribution in [3.8, 4) is 11.5 Å². The van der Waals surface area contributed by atoms with Crippen LogP contribution in [0.4, 0.5) is 0 Å². The van der Waals surface area contributed by atoms with Gasteiger partial charge in [-0.15, -0.1) is 0 Å². The number of nitrogens with zero attached hydrogens (tertiary/aromatic N) is 1. The maximum atomic E-state index is 6.26. The van der Waals surface area contributed by atoms with E-state index in [1.165, 1.54) is 11.1 Å². The third-order valence-electron chi connectivity index (χ3n) is 5.92. The zero-order valence-electron chi connectivity index (χ0n) is 13.5. The fourth-order valence-electron chi connectivity index (χ4n) is 4.78. The number of benzene rings is 1. The second-order valence-corrected chi connectivity index (χ2v) is 6.92. The third-order valence-corrected chi connectivity index (χ3v) is 5.92. The van der Waals surface area contributed by atoms with Crippen LogP contribution in [0.3, 0.4) is 0 Å². The van der Waals surface area contributed by atoms with Gasteiger partial charge in [0.25, 0.3) is 0 Å². The molecule has 1 saturated heterocycles. The van der Waals surface area contributed by atoms with Gasteiger partial charge in [-0.3, -0.25) is 4.90 Å². The van der Waals surface area contributed by atoms with Crippen LogP contribution in [0.25, 0.3) is 0 Å². The van der Waals surface area contributed by atoms with Crippen LogP contribution >= 0.6 is 0 Å². The molecule has 23 heavy (non-hydrogen) atoms. The molecule has 4 aliphatic rings. The fourth-order valence-corrected chi connectivity index (χ4v) is 4.78. The molecular formula is C18H21NO4. The second kappa shape index (κ2) is 4.72. The number of hydrogen-bond donors (Lipinski definition) is 0. The molecule has 4 atom stereocenters. The molecule has 1 aliphatic carbocycles. The minimum Gasteiger partial charge on any atom is -0.454 e. The van der Waals surface area contributed by atoms with Crippen molar-refractivity contribution in [1.29, 1.82) is 0 Å². The molecule has 0 bridgehead atoms. The van der Waals surface area contributed by atoms with Crippen LogP contribution in [0.15, 0.2) is 24.3 Å². The van der Waals surface area contributed by atoms with E-state index in [0.29, 0.717) is 19.4 Å². The maximum absolute atomic E-state index is 6.26. The first-order valence-electron chi connectivity index (χ1n) is 8.19. The zero-order valence-corrected chi connectivity index (χ0v) is 13.5. The standard InChI is InChI=1S/C18H21NO4/c1-19-8-17-18(4-3-12(20-2)6-16(18)19)13-7-15-14(22-10-23-15)5-11(13)9-21-17/h3-5,7,12,16-17H,6,8-10H2,1-2H3/t12-,16+,17+,18+/m1/s1. The largest absolute Gasteiger partial charge is 0.454 e. The van der Waals surface area contributed by atoms with Crippen molar-refractivity contribution in [1.82, 2.24) is 4.90 Å². The molecular weight excluding hydrogens is 294 g/mol. The first-order valence-corrected chi connectivity index (χ1v) is 8.19. The van der Waals surface area contributed by atoms with E-state index in [2.05, 4.69) is 36.2 Å². The molecule has 1 aromatic carbocycles. The summed E-state index contributed by atoms with van der Waals surface area (Å²) >= 11 is 0. The molecule has 0 saturated carbocycles. The smallest absolute Gasteiger partial charge is 0.231 e. The van der Waals surface area contributed by atoms with Crippen LogP contribution in [-0.2, 0) is 21.5 Å². The van der Waals surface area contributed by atoms with E-state index >= 15 is 0 Å². The van der Waals surface area contributed by atoms with Crippen molar-refractivity contribution < 1.29 is 18.9 Å². The lowest BCUT2D eigenvalue weighted by molar-refractivity contribution is -0.00301. The molecule has 1 aromatic rings. The van der Waals surface area contributed by atoms with Crippen LogP contribution in [0.1, 0.15) is 17.5 Å². The van der Waals surface area contributed by atoms with Crippen LogP contribution in [0.5, 0.6) is 11.5 Å². The summed E-state index contributed by atoms with van der Waals surface area (Å²) in [5, 5.41) is 0. The first-order chi connectivity index (χ1) is 11.2. The number of methoxy groups -OCH3 is 1. The predicted molar refractivity (Wildman–Crippen MR) is 83.8 cm³/mol. The van der Waals surface area contributed by atoms with Gasteiger partial charge in [0, 0.05) is 19.7 Å². The quantitative estimate of drug-likeness (QED) is 0.740. The van der Waals surface area contributed by atoms with Crippen molar-refractivity contribution in [3.63, 3.8) is 0 Å². The minimum absolute atomic E-state index is 0.113. The van der Waals surface area contributed by atoms with Gasteiger partial charge in [0.15, 0.2) is 11.5 Å². The summed E-state index contributed by atoms with van der Waals surface area (Å²) in [6.45, 7) is 1.89. The minimum atomic E-state index is -0.113. The summed E-state index contributed by atoms with van der Waals surface area (Å²) in [4.78, 5) is 2.42. The molecule has 0 N–H and O–H groups in total. The van der Waals surface area contributed by atoms with E-state index in [-0.39, 0.29) is 17.6 Å². The van der Waals surface area contributed by atoms with Gasteiger partial charge in [0.05, 0.1) is 24.2 Å². The van der Waals surface area contributed by atoms with Crippen LogP contribution in [-0.4, -0.2) is 50.6 Å². The lowest BCUT2D eigenvalue weighted by Crippen LogP contribution is -2.51. The SMILES string of the molecule is CO[C@@H]1C=C[C@@]23c4cc5c(cc4CO[C@H]2CN(C)[C@H]3C1)OCO5. The lowest BCUT2D eigenvalue weighted by Gasteiger charge is -2.45. The molecule has 5 rings (SSSR count). The lowest BCUT2D eigenvalue weighted by atomic mass is 9.65. The topological polar surface area (TPSA) is 40.2 Å². The first kappa shape index (κ1) is 13.8. The molecule has 1 fully saturated rings. The van der Waals surface area contributed by atoms with Crippen LogP contribution in [0.2, 0.25) is 0 Å². The van der Waals surface area contributed by atoms with E-state index in [4.69, 9.17) is 18.9 Å². The van der Waals surface area contributed by atoms with Crippen molar-refractivity contribution in [2.24, 2.45) is 0 Å². The molecule has 0 aromatic heterocycles. The van der Waals surface area contributed by atoms with Crippen molar-refractivity contribution in [2.75, 3.05) is 27.5 Å². The van der Waals surface area contributed by atoms with E-state index in [0.717, 1.165) is 24.5 Å². The molecule has 5 nitrogen and oxygen atoms in total. The molecule has 0 unspecified atom stereocenters. The number of likely N-dealkylation sites (N-methyl/N-ethyl adjacent to an activating group) is 1. The zero-order chi connectivity index (χ0) is 15.6. The number of hydrogen-bond acceptors (Lipinski definition) is 5. The summed E-state index contributed by atoms with van der Waals surface area (Å²) < 4.78 is 23.0. The summed E-state index contributed by atoms with van der Waals surface area (Å²) in [6, 6.07) is 4.65. The van der Waals surface area contributed by atoms with E-state index < -0.39 is 0 Å². The van der Waals surface area contributed by atoms with Gasteiger partial charge < -0.3 is 18.9 Å². The summed E-state index contributed by atoms with van der Waals surface area (Å²) in [5.41, 5.74) is 2.43. The Kier molecular flexibility index (Phi) is 2.84. The maximum Gasteiger partial charge on any atom is 0.231 e. The Bertz CT molecular complexity index is 688. The predicted octanol–water partition coefficient (Wildman–Crippen LogP) is 1.84. The third kappa shape index (κ3) is 1.73. The molecule has 3 aliphatic heterocycles. The number of fused-ring (bicyclic) bond motifs is 2. The van der Waals surface area contributed by atoms with Gasteiger partial charge in [0.1, 0.15) is 0 Å². The van der Waals surface area contributed by atoms with Crippen molar-refractivity contribution >= 4 is 0 Å². The molecule has 3 heterocycles. The summed E-state index contributed by atoms with van der Waals surface area (Å²) in [7, 11) is 3.97. The van der Waals surface area contributed by atoms with Crippen molar-refractivity contribution in [2.45, 2.75) is 36.7 Å². The Balaban J connectivity index is 1.70. The van der Waals surface area contributed by atoms with Gasteiger partial charge in [-0.25, -0.2) is 0 Å². The Morgan fingerprint density at radius 2 is 2.09 bits per heavy atom. The molecule has 5 heteroatoms. The highest BCUT2D eigenvalue weighted by atomic mass is 16.7. The molecule has 122 valence electrons. The monoisotopic (exact) mass is 315 g/mol. The Morgan fingerprint density at radius 1 is 1.26 bits per heavy atom. The van der Waals surface area contributed by atoms with Crippen molar-refractivity contribution in [3.05, 3.63) is 35.4 Å². The molecule has 0 amide bonds. The Morgan fingerprint density at radius 3 is 2.91 bits per heavy atom. The van der Waals surface area contributed by atoms with Gasteiger partial charge in [-0.05, 0) is 36.7 Å². The molecule has 1 spiro atoms. The Hall–Kier alpha value is -1.56. The number of rotatable bonds is 1. The highest BCUT2D eigenvalue weighted by molar-refractivity contribution is 5.55. The summed E-state index contributed by atoms with van der Waals surface area (Å²) in [6.07, 6.45) is 5.86. The van der Waals surface area contributed by atoms with E-state index in [1.807, 2.05) is 0 Å². The highest BCUT2D eigenvalue weighted by Crippen LogP contribution is 2.52. The van der Waals surface area contributed by atoms with Gasteiger partial charge in [0.2, 0.25) is 6.79 Å². The Labute approximate surface area is 135 Å². The average molecular weight is 315 g/mol. The van der Waals surface area contributed by atoms with Crippen LogP contribution in [0, 0.1) is 0 Å². The number of ether oxygens (including phenoxy) is 4. The fraction of sp³-hybridized carbons (Fsp3) is 0.556. The second-order valence-electron chi connectivity index (χ2n) is 6.92.